The molecule has 4 nitrogen and oxygen atoms in total. The third-order valence-corrected chi connectivity index (χ3v) is 3.15. The van der Waals surface area contributed by atoms with Gasteiger partial charge in [0, 0.05) is 30.2 Å². The average Bonchev–Trinajstić information content (AvgIpc) is 2.76. The highest BCUT2D eigenvalue weighted by molar-refractivity contribution is 5.74. The Bertz CT molecular complexity index is 411. The van der Waals surface area contributed by atoms with E-state index < -0.39 is 0 Å². The summed E-state index contributed by atoms with van der Waals surface area (Å²) in [5, 5.41) is 0. The van der Waals surface area contributed by atoms with Crippen molar-refractivity contribution in [3.05, 3.63) is 23.5 Å². The van der Waals surface area contributed by atoms with Crippen LogP contribution < -0.4 is 4.90 Å². The van der Waals surface area contributed by atoms with Gasteiger partial charge in [-0.25, -0.2) is 0 Å². The quantitative estimate of drug-likeness (QED) is 0.730. The van der Waals surface area contributed by atoms with E-state index in [1.165, 1.54) is 7.11 Å². The van der Waals surface area contributed by atoms with Crippen molar-refractivity contribution in [2.75, 3.05) is 25.1 Å². The Morgan fingerprint density at radius 1 is 1.41 bits per heavy atom. The minimum Gasteiger partial charge on any atom is -0.469 e. The number of carbonyl (C=O) groups excluding carboxylic acids is 1. The van der Waals surface area contributed by atoms with E-state index in [-0.39, 0.29) is 11.9 Å². The first-order valence-electron chi connectivity index (χ1n) is 5.88. The van der Waals surface area contributed by atoms with E-state index in [4.69, 9.17) is 4.74 Å². The van der Waals surface area contributed by atoms with E-state index in [0.717, 1.165) is 36.6 Å². The number of carbonyl (C=O) groups is 1. The number of ether oxygens (including phenoxy) is 1. The van der Waals surface area contributed by atoms with Gasteiger partial charge in [0.05, 0.1) is 13.0 Å². The van der Waals surface area contributed by atoms with Crippen LogP contribution in [0.1, 0.15) is 17.8 Å². The number of nitrogens with zero attached hydrogens (tertiary/aromatic N) is 2. The number of pyridine rings is 1. The van der Waals surface area contributed by atoms with Gasteiger partial charge in [0.2, 0.25) is 0 Å². The van der Waals surface area contributed by atoms with Crippen molar-refractivity contribution >= 4 is 11.7 Å². The molecule has 0 aromatic carbocycles. The average molecular weight is 234 g/mol. The molecule has 1 atom stereocenters. The van der Waals surface area contributed by atoms with E-state index in [1.807, 2.05) is 13.8 Å². The summed E-state index contributed by atoms with van der Waals surface area (Å²) >= 11 is 0. The summed E-state index contributed by atoms with van der Waals surface area (Å²) in [6.07, 6.45) is 0.868. The summed E-state index contributed by atoms with van der Waals surface area (Å²) in [5.74, 6) is -0.0937. The van der Waals surface area contributed by atoms with Gasteiger partial charge in [0.1, 0.15) is 0 Å². The molecule has 1 unspecified atom stereocenters. The molecule has 17 heavy (non-hydrogen) atoms. The van der Waals surface area contributed by atoms with Crippen molar-refractivity contribution in [1.82, 2.24) is 4.98 Å². The minimum absolute atomic E-state index is 0.00813. The molecular weight excluding hydrogens is 216 g/mol. The van der Waals surface area contributed by atoms with Crippen molar-refractivity contribution in [3.63, 3.8) is 0 Å². The normalized spacial score (nSPS) is 19.5. The largest absolute Gasteiger partial charge is 0.469 e. The van der Waals surface area contributed by atoms with Crippen LogP contribution in [0.2, 0.25) is 0 Å². The summed E-state index contributed by atoms with van der Waals surface area (Å²) in [5.41, 5.74) is 3.18. The van der Waals surface area contributed by atoms with Crippen molar-refractivity contribution < 1.29 is 9.53 Å². The van der Waals surface area contributed by atoms with Gasteiger partial charge in [-0.05, 0) is 32.4 Å². The first-order valence-corrected chi connectivity index (χ1v) is 5.88. The number of esters is 1. The molecule has 0 N–H and O–H groups in total. The van der Waals surface area contributed by atoms with E-state index >= 15 is 0 Å². The number of hydrogen-bond donors (Lipinski definition) is 0. The molecule has 4 heteroatoms. The van der Waals surface area contributed by atoms with Crippen LogP contribution in [0.3, 0.4) is 0 Å². The Kier molecular flexibility index (Phi) is 3.31. The SMILES string of the molecule is COC(=O)C1CCN(c2cc(C)nc(C)c2)C1. The number of anilines is 1. The number of aryl methyl sites for hydroxylation is 2. The van der Waals surface area contributed by atoms with Crippen molar-refractivity contribution in [2.24, 2.45) is 5.92 Å². The third-order valence-electron chi connectivity index (χ3n) is 3.15. The molecule has 0 spiro atoms. The molecule has 1 aliphatic rings. The Labute approximate surface area is 102 Å². The second-order valence-electron chi connectivity index (χ2n) is 4.56. The van der Waals surface area contributed by atoms with Crippen LogP contribution in [-0.4, -0.2) is 31.2 Å². The monoisotopic (exact) mass is 234 g/mol. The Hall–Kier alpha value is -1.58. The zero-order chi connectivity index (χ0) is 12.4. The molecule has 92 valence electrons. The summed E-state index contributed by atoms with van der Waals surface area (Å²) < 4.78 is 4.79. The standard InChI is InChI=1S/C13H18N2O2/c1-9-6-12(7-10(2)14-9)15-5-4-11(8-15)13(16)17-3/h6-7,11H,4-5,8H2,1-3H3. The molecule has 2 heterocycles. The summed E-state index contributed by atoms with van der Waals surface area (Å²) in [6.45, 7) is 5.63. The van der Waals surface area contributed by atoms with Gasteiger partial charge in [0.15, 0.2) is 0 Å². The predicted molar refractivity (Wildman–Crippen MR) is 66.0 cm³/mol. The highest BCUT2D eigenvalue weighted by Gasteiger charge is 2.29. The van der Waals surface area contributed by atoms with E-state index in [9.17, 15) is 4.79 Å². The van der Waals surface area contributed by atoms with E-state index in [0.29, 0.717) is 0 Å². The van der Waals surface area contributed by atoms with Crippen LogP contribution in [0.5, 0.6) is 0 Å². The third kappa shape index (κ3) is 2.57. The predicted octanol–water partition coefficient (Wildman–Crippen LogP) is 1.70. The van der Waals surface area contributed by atoms with Gasteiger partial charge in [-0.3, -0.25) is 9.78 Å². The molecule has 1 fully saturated rings. The van der Waals surface area contributed by atoms with Gasteiger partial charge in [0.25, 0.3) is 0 Å². The Morgan fingerprint density at radius 2 is 2.06 bits per heavy atom. The van der Waals surface area contributed by atoms with Crippen LogP contribution in [0.4, 0.5) is 5.69 Å². The van der Waals surface area contributed by atoms with Gasteiger partial charge in [-0.15, -0.1) is 0 Å². The van der Waals surface area contributed by atoms with Crippen molar-refractivity contribution in [3.8, 4) is 0 Å². The summed E-state index contributed by atoms with van der Waals surface area (Å²) in [6, 6.07) is 4.12. The van der Waals surface area contributed by atoms with Crippen LogP contribution in [0.25, 0.3) is 0 Å². The lowest BCUT2D eigenvalue weighted by Crippen LogP contribution is -2.23. The number of aromatic nitrogens is 1. The number of hydrogen-bond acceptors (Lipinski definition) is 4. The van der Waals surface area contributed by atoms with Gasteiger partial charge < -0.3 is 9.64 Å². The van der Waals surface area contributed by atoms with Gasteiger partial charge in [-0.1, -0.05) is 0 Å². The van der Waals surface area contributed by atoms with Crippen LogP contribution in [-0.2, 0) is 9.53 Å². The highest BCUT2D eigenvalue weighted by Crippen LogP contribution is 2.25. The fraction of sp³-hybridized carbons (Fsp3) is 0.538. The summed E-state index contributed by atoms with van der Waals surface area (Å²) in [7, 11) is 1.45. The second kappa shape index (κ2) is 4.73. The fourth-order valence-corrected chi connectivity index (χ4v) is 2.35. The zero-order valence-electron chi connectivity index (χ0n) is 10.6. The second-order valence-corrected chi connectivity index (χ2v) is 4.56. The molecular formula is C13H18N2O2. The lowest BCUT2D eigenvalue weighted by atomic mass is 10.1. The van der Waals surface area contributed by atoms with E-state index in [1.54, 1.807) is 0 Å². The molecule has 1 aliphatic heterocycles. The molecule has 2 rings (SSSR count). The molecule has 0 radical (unpaired) electrons. The fourth-order valence-electron chi connectivity index (χ4n) is 2.35. The highest BCUT2D eigenvalue weighted by atomic mass is 16.5. The first kappa shape index (κ1) is 11.9. The zero-order valence-corrected chi connectivity index (χ0v) is 10.6. The maximum Gasteiger partial charge on any atom is 0.310 e. The van der Waals surface area contributed by atoms with Gasteiger partial charge >= 0.3 is 5.97 Å². The van der Waals surface area contributed by atoms with E-state index in [2.05, 4.69) is 22.0 Å². The lowest BCUT2D eigenvalue weighted by molar-refractivity contribution is -0.144. The number of rotatable bonds is 2. The molecule has 0 aliphatic carbocycles. The molecule has 1 aromatic heterocycles. The van der Waals surface area contributed by atoms with Gasteiger partial charge in [-0.2, -0.15) is 0 Å². The van der Waals surface area contributed by atoms with Crippen molar-refractivity contribution in [1.29, 1.82) is 0 Å². The maximum atomic E-state index is 11.5. The van der Waals surface area contributed by atoms with Crippen molar-refractivity contribution in [2.45, 2.75) is 20.3 Å². The molecule has 1 aromatic rings. The molecule has 0 amide bonds. The Balaban J connectivity index is 2.12. The van der Waals surface area contributed by atoms with Crippen LogP contribution >= 0.6 is 0 Å². The topological polar surface area (TPSA) is 42.4 Å². The summed E-state index contributed by atoms with van der Waals surface area (Å²) in [4.78, 5) is 18.0. The minimum atomic E-state index is -0.102. The number of methoxy groups -OCH3 is 1. The van der Waals surface area contributed by atoms with Crippen LogP contribution in [0, 0.1) is 19.8 Å². The molecule has 0 saturated carbocycles. The maximum absolute atomic E-state index is 11.5. The molecule has 1 saturated heterocycles. The molecule has 0 bridgehead atoms. The van der Waals surface area contributed by atoms with Crippen LogP contribution in [0.15, 0.2) is 12.1 Å². The smallest absolute Gasteiger partial charge is 0.310 e. The Morgan fingerprint density at radius 3 is 2.65 bits per heavy atom. The lowest BCUT2D eigenvalue weighted by Gasteiger charge is -2.19. The first-order chi connectivity index (χ1) is 8.10.